The lowest BCUT2D eigenvalue weighted by molar-refractivity contribution is 0.171. The molecule has 6 nitrogen and oxygen atoms in total. The van der Waals surface area contributed by atoms with Gasteiger partial charge >= 0.3 is 0 Å². The minimum absolute atomic E-state index is 0.320. The van der Waals surface area contributed by atoms with Gasteiger partial charge in [-0.1, -0.05) is 37.3 Å². The van der Waals surface area contributed by atoms with E-state index in [9.17, 15) is 0 Å². The van der Waals surface area contributed by atoms with Crippen molar-refractivity contribution in [2.75, 3.05) is 23.8 Å². The zero-order chi connectivity index (χ0) is 19.3. The topological polar surface area (TPSA) is 68.3 Å². The summed E-state index contributed by atoms with van der Waals surface area (Å²) in [5, 5.41) is 6.81. The molecule has 0 fully saturated rings. The van der Waals surface area contributed by atoms with Crippen molar-refractivity contribution < 1.29 is 9.47 Å². The number of aromatic nitrogens is 2. The third-order valence-corrected chi connectivity index (χ3v) is 4.58. The lowest BCUT2D eigenvalue weighted by Gasteiger charge is -2.19. The van der Waals surface area contributed by atoms with Gasteiger partial charge in [-0.15, -0.1) is 0 Å². The van der Waals surface area contributed by atoms with Gasteiger partial charge in [-0.05, 0) is 25.5 Å². The number of anilines is 3. The van der Waals surface area contributed by atoms with Gasteiger partial charge in [0.15, 0.2) is 17.3 Å². The SMILES string of the molecule is CCC(C)Nc1cc(Nc2ccc3c(c2)OCCO3)nc(-c2ccccc2)n1. The van der Waals surface area contributed by atoms with Crippen molar-refractivity contribution in [1.29, 1.82) is 0 Å². The van der Waals surface area contributed by atoms with Gasteiger partial charge < -0.3 is 20.1 Å². The summed E-state index contributed by atoms with van der Waals surface area (Å²) in [5.74, 6) is 3.70. The van der Waals surface area contributed by atoms with Gasteiger partial charge in [-0.25, -0.2) is 9.97 Å². The maximum atomic E-state index is 5.68. The van der Waals surface area contributed by atoms with Crippen molar-refractivity contribution in [2.24, 2.45) is 0 Å². The molecule has 3 aromatic rings. The Hall–Kier alpha value is -3.28. The fourth-order valence-corrected chi connectivity index (χ4v) is 2.93. The summed E-state index contributed by atoms with van der Waals surface area (Å²) in [7, 11) is 0. The average molecular weight is 376 g/mol. The Labute approximate surface area is 164 Å². The van der Waals surface area contributed by atoms with E-state index in [0.29, 0.717) is 25.1 Å². The monoisotopic (exact) mass is 376 g/mol. The third kappa shape index (κ3) is 4.17. The molecule has 28 heavy (non-hydrogen) atoms. The quantitative estimate of drug-likeness (QED) is 0.640. The molecular weight excluding hydrogens is 352 g/mol. The molecule has 0 radical (unpaired) electrons. The number of rotatable bonds is 6. The van der Waals surface area contributed by atoms with E-state index in [0.717, 1.165) is 40.8 Å². The second-order valence-electron chi connectivity index (χ2n) is 6.77. The molecule has 1 aromatic heterocycles. The number of fused-ring (bicyclic) bond motifs is 1. The summed E-state index contributed by atoms with van der Waals surface area (Å²) < 4.78 is 11.3. The smallest absolute Gasteiger partial charge is 0.163 e. The van der Waals surface area contributed by atoms with Gasteiger partial charge in [-0.2, -0.15) is 0 Å². The van der Waals surface area contributed by atoms with Gasteiger partial charge in [0.2, 0.25) is 0 Å². The minimum atomic E-state index is 0.320. The van der Waals surface area contributed by atoms with Crippen molar-refractivity contribution in [3.63, 3.8) is 0 Å². The van der Waals surface area contributed by atoms with Crippen molar-refractivity contribution >= 4 is 17.3 Å². The van der Waals surface area contributed by atoms with E-state index in [2.05, 4.69) is 24.5 Å². The predicted molar refractivity (Wildman–Crippen MR) is 112 cm³/mol. The molecular formula is C22H24N4O2. The van der Waals surface area contributed by atoms with Gasteiger partial charge in [0.1, 0.15) is 24.8 Å². The van der Waals surface area contributed by atoms with Crippen LogP contribution in [0.2, 0.25) is 0 Å². The highest BCUT2D eigenvalue weighted by atomic mass is 16.6. The molecule has 0 bridgehead atoms. The normalized spacial score (nSPS) is 13.6. The van der Waals surface area contributed by atoms with Crippen LogP contribution in [0.4, 0.5) is 17.3 Å². The Morgan fingerprint density at radius 2 is 1.68 bits per heavy atom. The Kier molecular flexibility index (Phi) is 5.28. The summed E-state index contributed by atoms with van der Waals surface area (Å²) >= 11 is 0. The van der Waals surface area contributed by atoms with Crippen molar-refractivity contribution in [3.05, 3.63) is 54.6 Å². The molecule has 2 heterocycles. The Balaban J connectivity index is 1.66. The minimum Gasteiger partial charge on any atom is -0.486 e. The summed E-state index contributed by atoms with van der Waals surface area (Å²) in [5.41, 5.74) is 1.86. The summed E-state index contributed by atoms with van der Waals surface area (Å²) in [4.78, 5) is 9.41. The zero-order valence-corrected chi connectivity index (χ0v) is 16.1. The molecule has 0 saturated heterocycles. The highest BCUT2D eigenvalue weighted by Gasteiger charge is 2.13. The number of nitrogens with one attached hydrogen (secondary N) is 2. The van der Waals surface area contributed by atoms with Crippen LogP contribution < -0.4 is 20.1 Å². The zero-order valence-electron chi connectivity index (χ0n) is 16.1. The lowest BCUT2D eigenvalue weighted by atomic mass is 10.2. The largest absolute Gasteiger partial charge is 0.486 e. The van der Waals surface area contributed by atoms with E-state index in [-0.39, 0.29) is 0 Å². The Bertz CT molecular complexity index is 947. The van der Waals surface area contributed by atoms with Crippen molar-refractivity contribution in [2.45, 2.75) is 26.3 Å². The van der Waals surface area contributed by atoms with Crippen LogP contribution in [-0.2, 0) is 0 Å². The molecule has 0 saturated carbocycles. The first-order valence-corrected chi connectivity index (χ1v) is 9.59. The van der Waals surface area contributed by atoms with Crippen LogP contribution in [-0.4, -0.2) is 29.2 Å². The summed E-state index contributed by atoms with van der Waals surface area (Å²) in [6, 6.07) is 18.0. The number of hydrogen-bond donors (Lipinski definition) is 2. The maximum Gasteiger partial charge on any atom is 0.163 e. The van der Waals surface area contributed by atoms with Gasteiger partial charge in [0, 0.05) is 29.4 Å². The van der Waals surface area contributed by atoms with Crippen LogP contribution in [0.1, 0.15) is 20.3 Å². The molecule has 2 aromatic carbocycles. The Morgan fingerprint density at radius 1 is 0.929 bits per heavy atom. The van der Waals surface area contributed by atoms with E-state index < -0.39 is 0 Å². The summed E-state index contributed by atoms with van der Waals surface area (Å²) in [6.07, 6.45) is 1.01. The first-order chi connectivity index (χ1) is 13.7. The predicted octanol–water partition coefficient (Wildman–Crippen LogP) is 4.87. The third-order valence-electron chi connectivity index (χ3n) is 4.58. The van der Waals surface area contributed by atoms with E-state index in [1.54, 1.807) is 0 Å². The molecule has 0 spiro atoms. The van der Waals surface area contributed by atoms with Crippen LogP contribution in [0.3, 0.4) is 0 Å². The van der Waals surface area contributed by atoms with E-state index in [4.69, 9.17) is 19.4 Å². The van der Waals surface area contributed by atoms with E-state index >= 15 is 0 Å². The fourth-order valence-electron chi connectivity index (χ4n) is 2.93. The highest BCUT2D eigenvalue weighted by Crippen LogP contribution is 2.34. The molecule has 0 aliphatic carbocycles. The van der Waals surface area contributed by atoms with Crippen LogP contribution in [0.25, 0.3) is 11.4 Å². The second kappa shape index (κ2) is 8.17. The van der Waals surface area contributed by atoms with E-state index in [1.807, 2.05) is 54.6 Å². The van der Waals surface area contributed by atoms with Gasteiger partial charge in [0.25, 0.3) is 0 Å². The summed E-state index contributed by atoms with van der Waals surface area (Å²) in [6.45, 7) is 5.42. The first kappa shape index (κ1) is 18.1. The van der Waals surface area contributed by atoms with Crippen molar-refractivity contribution in [1.82, 2.24) is 9.97 Å². The molecule has 6 heteroatoms. The van der Waals surface area contributed by atoms with Gasteiger partial charge in [0.05, 0.1) is 0 Å². The molecule has 4 rings (SSSR count). The molecule has 2 N–H and O–H groups in total. The maximum absolute atomic E-state index is 5.68. The van der Waals surface area contributed by atoms with Crippen LogP contribution >= 0.6 is 0 Å². The number of benzene rings is 2. The van der Waals surface area contributed by atoms with Crippen LogP contribution in [0.15, 0.2) is 54.6 Å². The fraction of sp³-hybridized carbons (Fsp3) is 0.273. The molecule has 144 valence electrons. The van der Waals surface area contributed by atoms with Crippen LogP contribution in [0.5, 0.6) is 11.5 Å². The van der Waals surface area contributed by atoms with Gasteiger partial charge in [-0.3, -0.25) is 0 Å². The molecule has 1 aliphatic rings. The van der Waals surface area contributed by atoms with Crippen LogP contribution in [0, 0.1) is 0 Å². The molecule has 1 unspecified atom stereocenters. The average Bonchev–Trinajstić information content (AvgIpc) is 2.74. The lowest BCUT2D eigenvalue weighted by Crippen LogP contribution is -2.16. The second-order valence-corrected chi connectivity index (χ2v) is 6.77. The van der Waals surface area contributed by atoms with Crippen molar-refractivity contribution in [3.8, 4) is 22.9 Å². The molecule has 1 aliphatic heterocycles. The first-order valence-electron chi connectivity index (χ1n) is 9.59. The standard InChI is InChI=1S/C22H24N4O2/c1-3-15(2)23-20-14-21(26-22(25-20)16-7-5-4-6-8-16)24-17-9-10-18-19(13-17)28-12-11-27-18/h4-10,13-15H,3,11-12H2,1-2H3,(H2,23,24,25,26). The number of hydrogen-bond acceptors (Lipinski definition) is 6. The molecule has 0 amide bonds. The molecule has 1 atom stereocenters. The number of ether oxygens (including phenoxy) is 2. The van der Waals surface area contributed by atoms with E-state index in [1.165, 1.54) is 0 Å². The Morgan fingerprint density at radius 3 is 2.46 bits per heavy atom. The highest BCUT2D eigenvalue weighted by molar-refractivity contribution is 5.67. The number of nitrogens with zero attached hydrogens (tertiary/aromatic N) is 2.